The summed E-state index contributed by atoms with van der Waals surface area (Å²) in [5.74, 6) is 0. The van der Waals surface area contributed by atoms with Gasteiger partial charge in [-0.15, -0.1) is 0 Å². The number of allylic oxidation sites excluding steroid dienone is 1. The molecule has 0 amide bonds. The topological polar surface area (TPSA) is 8.17 Å². The third-order valence-corrected chi connectivity index (χ3v) is 6.43. The summed E-state index contributed by atoms with van der Waals surface area (Å²) >= 11 is 0. The van der Waals surface area contributed by atoms with E-state index in [4.69, 9.17) is 0 Å². The molecule has 0 bridgehead atoms. The molecule has 1 saturated heterocycles. The first-order chi connectivity index (χ1) is 10.7. The summed E-state index contributed by atoms with van der Waals surface area (Å²) in [5.41, 5.74) is 6.47. The average Bonchev–Trinajstić information content (AvgIpc) is 2.89. The molecule has 3 aliphatic heterocycles. The number of rotatable bonds is 1. The first-order valence-corrected chi connectivity index (χ1v) is 8.81. The lowest BCUT2D eigenvalue weighted by Crippen LogP contribution is -2.50. The Labute approximate surface area is 132 Å². The molecule has 1 aromatic carbocycles. The molecular formula is C20H24N2. The lowest BCUT2D eigenvalue weighted by atomic mass is 9.66. The van der Waals surface area contributed by atoms with Crippen LogP contribution in [0, 0.1) is 5.41 Å². The molecule has 0 N–H and O–H groups in total. The maximum Gasteiger partial charge on any atom is 0.0599 e. The molecule has 4 heterocycles. The van der Waals surface area contributed by atoms with Gasteiger partial charge in [-0.2, -0.15) is 0 Å². The molecule has 0 radical (unpaired) electrons. The van der Waals surface area contributed by atoms with Crippen molar-refractivity contribution in [3.63, 3.8) is 0 Å². The lowest BCUT2D eigenvalue weighted by Gasteiger charge is -2.53. The summed E-state index contributed by atoms with van der Waals surface area (Å²) in [6.07, 6.45) is 7.78. The highest BCUT2D eigenvalue weighted by Gasteiger charge is 2.49. The number of hydrogen-bond acceptors (Lipinski definition) is 1. The highest BCUT2D eigenvalue weighted by atomic mass is 15.2. The van der Waals surface area contributed by atoms with Crippen molar-refractivity contribution in [2.75, 3.05) is 13.1 Å². The summed E-state index contributed by atoms with van der Waals surface area (Å²) in [5, 5.41) is 1.49. The third kappa shape index (κ3) is 1.40. The lowest BCUT2D eigenvalue weighted by molar-refractivity contribution is 0.0270. The molecule has 2 nitrogen and oxygen atoms in total. The van der Waals surface area contributed by atoms with Gasteiger partial charge in [-0.1, -0.05) is 31.2 Å². The molecule has 0 aliphatic carbocycles. The van der Waals surface area contributed by atoms with Crippen molar-refractivity contribution >= 4 is 16.6 Å². The van der Waals surface area contributed by atoms with E-state index < -0.39 is 0 Å². The van der Waals surface area contributed by atoms with Crippen LogP contribution in [0.3, 0.4) is 0 Å². The van der Waals surface area contributed by atoms with Crippen molar-refractivity contribution in [3.8, 4) is 0 Å². The summed E-state index contributed by atoms with van der Waals surface area (Å²) in [6.45, 7) is 7.22. The maximum absolute atomic E-state index is 2.77. The molecule has 3 aliphatic rings. The van der Waals surface area contributed by atoms with Crippen molar-refractivity contribution in [2.24, 2.45) is 5.41 Å². The number of benzene rings is 1. The number of aromatic nitrogens is 1. The third-order valence-electron chi connectivity index (χ3n) is 6.43. The molecule has 0 spiro atoms. The maximum atomic E-state index is 2.77. The minimum absolute atomic E-state index is 0.363. The minimum Gasteiger partial charge on any atom is -0.316 e. The van der Waals surface area contributed by atoms with Crippen molar-refractivity contribution in [3.05, 3.63) is 41.6 Å². The Morgan fingerprint density at radius 3 is 2.95 bits per heavy atom. The zero-order valence-corrected chi connectivity index (χ0v) is 13.6. The van der Waals surface area contributed by atoms with Gasteiger partial charge < -0.3 is 4.57 Å². The van der Waals surface area contributed by atoms with E-state index in [2.05, 4.69) is 53.7 Å². The molecular weight excluding hydrogens is 268 g/mol. The molecule has 0 saturated carbocycles. The van der Waals surface area contributed by atoms with Crippen LogP contribution >= 0.6 is 0 Å². The molecule has 1 unspecified atom stereocenters. The molecule has 1 aromatic heterocycles. The Balaban J connectivity index is 1.90. The van der Waals surface area contributed by atoms with Gasteiger partial charge in [0.1, 0.15) is 0 Å². The van der Waals surface area contributed by atoms with Crippen LogP contribution in [0.25, 0.3) is 16.6 Å². The predicted molar refractivity (Wildman–Crippen MR) is 91.9 cm³/mol. The fraction of sp³-hybridized carbons (Fsp3) is 0.500. The van der Waals surface area contributed by atoms with Crippen molar-refractivity contribution < 1.29 is 0 Å². The zero-order chi connectivity index (χ0) is 14.9. The van der Waals surface area contributed by atoms with E-state index in [-0.39, 0.29) is 0 Å². The second-order valence-electron chi connectivity index (χ2n) is 7.38. The van der Waals surface area contributed by atoms with Crippen LogP contribution < -0.4 is 0 Å². The molecule has 1 fully saturated rings. The van der Waals surface area contributed by atoms with E-state index >= 15 is 0 Å². The van der Waals surface area contributed by atoms with Gasteiger partial charge in [0.2, 0.25) is 0 Å². The van der Waals surface area contributed by atoms with Crippen LogP contribution in [0.4, 0.5) is 0 Å². The summed E-state index contributed by atoms with van der Waals surface area (Å²) < 4.78 is 2.57. The van der Waals surface area contributed by atoms with Gasteiger partial charge in [0.25, 0.3) is 0 Å². The number of para-hydroxylation sites is 1. The average molecular weight is 292 g/mol. The monoisotopic (exact) mass is 292 g/mol. The van der Waals surface area contributed by atoms with Gasteiger partial charge in [-0.3, -0.25) is 4.90 Å². The Kier molecular flexibility index (Phi) is 2.51. The predicted octanol–water partition coefficient (Wildman–Crippen LogP) is 4.61. The summed E-state index contributed by atoms with van der Waals surface area (Å²) in [6, 6.07) is 9.62. The van der Waals surface area contributed by atoms with E-state index in [1.165, 1.54) is 55.4 Å². The highest BCUT2D eigenvalue weighted by molar-refractivity contribution is 5.89. The SMILES string of the molecule is CC[C@@]12C=C(C)n3c4c(c5ccccc53)CCN(CCC1)C42. The quantitative estimate of drug-likeness (QED) is 0.745. The number of piperidine rings is 1. The van der Waals surface area contributed by atoms with E-state index in [9.17, 15) is 0 Å². The first kappa shape index (κ1) is 13.0. The van der Waals surface area contributed by atoms with Crippen molar-refractivity contribution in [2.45, 2.75) is 45.6 Å². The van der Waals surface area contributed by atoms with Gasteiger partial charge >= 0.3 is 0 Å². The zero-order valence-electron chi connectivity index (χ0n) is 13.6. The van der Waals surface area contributed by atoms with E-state index in [1.807, 2.05) is 0 Å². The minimum atomic E-state index is 0.363. The fourth-order valence-electron chi connectivity index (χ4n) is 5.54. The second-order valence-corrected chi connectivity index (χ2v) is 7.38. The van der Waals surface area contributed by atoms with Crippen LogP contribution in [0.5, 0.6) is 0 Å². The van der Waals surface area contributed by atoms with Gasteiger partial charge in [0, 0.05) is 28.7 Å². The smallest absolute Gasteiger partial charge is 0.0599 e. The van der Waals surface area contributed by atoms with Gasteiger partial charge in [-0.05, 0) is 50.8 Å². The molecule has 2 atom stereocenters. The normalized spacial score (nSPS) is 30.3. The Bertz CT molecular complexity index is 797. The Morgan fingerprint density at radius 1 is 1.23 bits per heavy atom. The molecule has 2 aromatic rings. The number of nitrogens with zero attached hydrogens (tertiary/aromatic N) is 2. The number of fused-ring (bicyclic) bond motifs is 3. The van der Waals surface area contributed by atoms with Crippen LogP contribution in [-0.4, -0.2) is 22.6 Å². The Morgan fingerprint density at radius 2 is 2.09 bits per heavy atom. The molecule has 5 rings (SSSR count). The summed E-state index contributed by atoms with van der Waals surface area (Å²) in [4.78, 5) is 2.77. The first-order valence-electron chi connectivity index (χ1n) is 8.81. The largest absolute Gasteiger partial charge is 0.316 e. The van der Waals surface area contributed by atoms with Crippen molar-refractivity contribution in [1.82, 2.24) is 9.47 Å². The van der Waals surface area contributed by atoms with Gasteiger partial charge in [0.15, 0.2) is 0 Å². The standard InChI is InChI=1S/C20H24N2/c1-3-20-10-6-11-21-12-9-16-15-7-4-5-8-17(15)22(14(2)13-20)18(16)19(20)21/h4-5,7-8,13,19H,3,6,9-12H2,1-2H3/t19?,20-/m0/s1. The van der Waals surface area contributed by atoms with Crippen LogP contribution in [0.1, 0.15) is 50.4 Å². The van der Waals surface area contributed by atoms with Crippen LogP contribution in [0.2, 0.25) is 0 Å². The van der Waals surface area contributed by atoms with Crippen LogP contribution in [-0.2, 0) is 6.42 Å². The van der Waals surface area contributed by atoms with E-state index in [0.29, 0.717) is 11.5 Å². The second kappa shape index (κ2) is 4.26. The Hall–Kier alpha value is -1.54. The highest BCUT2D eigenvalue weighted by Crippen LogP contribution is 2.56. The molecule has 114 valence electrons. The van der Waals surface area contributed by atoms with Crippen LogP contribution in [0.15, 0.2) is 30.3 Å². The fourth-order valence-corrected chi connectivity index (χ4v) is 5.54. The number of hydrogen-bond donors (Lipinski definition) is 0. The van der Waals surface area contributed by atoms with Gasteiger partial charge in [0.05, 0.1) is 11.6 Å². The van der Waals surface area contributed by atoms with E-state index in [1.54, 1.807) is 11.3 Å². The molecule has 2 heteroatoms. The van der Waals surface area contributed by atoms with E-state index in [0.717, 1.165) is 0 Å². The molecule has 22 heavy (non-hydrogen) atoms. The van der Waals surface area contributed by atoms with Crippen molar-refractivity contribution in [1.29, 1.82) is 0 Å². The van der Waals surface area contributed by atoms with Gasteiger partial charge in [-0.25, -0.2) is 0 Å². The summed E-state index contributed by atoms with van der Waals surface area (Å²) in [7, 11) is 0.